The van der Waals surface area contributed by atoms with Gasteiger partial charge in [0, 0.05) is 22.4 Å². The van der Waals surface area contributed by atoms with E-state index in [9.17, 15) is 0 Å². The van der Waals surface area contributed by atoms with Gasteiger partial charge in [-0.05, 0) is 24.1 Å². The maximum absolute atomic E-state index is 4.24. The zero-order chi connectivity index (χ0) is 9.97. The molecule has 3 heteroatoms. The lowest BCUT2D eigenvalue weighted by Gasteiger charge is -2.03. The van der Waals surface area contributed by atoms with Gasteiger partial charge in [0.25, 0.3) is 0 Å². The predicted molar refractivity (Wildman–Crippen MR) is 61.1 cm³/mol. The summed E-state index contributed by atoms with van der Waals surface area (Å²) in [5.74, 6) is 0.909. The molecule has 0 fully saturated rings. The first-order chi connectivity index (χ1) is 6.81. The van der Waals surface area contributed by atoms with E-state index in [0.717, 1.165) is 22.3 Å². The molecule has 0 spiro atoms. The van der Waals surface area contributed by atoms with Crippen LogP contribution < -0.4 is 0 Å². The molecule has 72 valence electrons. The van der Waals surface area contributed by atoms with Crippen LogP contribution in [0.3, 0.4) is 0 Å². The minimum absolute atomic E-state index is 0.909. The number of nitrogens with one attached hydrogen (secondary N) is 1. The maximum Gasteiger partial charge on any atom is 0.138 e. The van der Waals surface area contributed by atoms with Crippen molar-refractivity contribution in [1.29, 1.82) is 0 Å². The Bertz CT molecular complexity index is 421. The van der Waals surface area contributed by atoms with Crippen molar-refractivity contribution in [1.82, 2.24) is 9.97 Å². The van der Waals surface area contributed by atoms with Crippen molar-refractivity contribution in [3.63, 3.8) is 0 Å². The van der Waals surface area contributed by atoms with E-state index in [-0.39, 0.29) is 0 Å². The Morgan fingerprint density at radius 2 is 2.29 bits per heavy atom. The van der Waals surface area contributed by atoms with Crippen molar-refractivity contribution >= 4 is 15.9 Å². The summed E-state index contributed by atoms with van der Waals surface area (Å²) < 4.78 is 1.07. The average Bonchev–Trinajstić information content (AvgIpc) is 2.71. The first-order valence-corrected chi connectivity index (χ1v) is 5.38. The second-order valence-electron chi connectivity index (χ2n) is 3.11. The molecule has 0 aliphatic carbocycles. The number of hydrogen-bond acceptors (Lipinski definition) is 1. The number of H-pyrrole nitrogens is 1. The minimum atomic E-state index is 0.909. The topological polar surface area (TPSA) is 28.7 Å². The van der Waals surface area contributed by atoms with Gasteiger partial charge in [-0.2, -0.15) is 0 Å². The highest BCUT2D eigenvalue weighted by Gasteiger charge is 2.05. The van der Waals surface area contributed by atoms with Gasteiger partial charge in [-0.25, -0.2) is 4.98 Å². The summed E-state index contributed by atoms with van der Waals surface area (Å²) in [6.45, 7) is 2.15. The first kappa shape index (κ1) is 9.46. The van der Waals surface area contributed by atoms with Crippen LogP contribution in [0.1, 0.15) is 12.5 Å². The standard InChI is InChI=1S/C11H11BrN2/c1-2-8-3-4-10(12)9(7-8)11-13-5-6-14-11/h3-7H,2H2,1H3,(H,13,14). The SMILES string of the molecule is CCc1ccc(Br)c(-c2ncc[nH]2)c1. The van der Waals surface area contributed by atoms with Gasteiger partial charge in [0.15, 0.2) is 0 Å². The number of imidazole rings is 1. The molecule has 0 saturated carbocycles. The molecule has 0 unspecified atom stereocenters. The normalized spacial score (nSPS) is 10.4. The largest absolute Gasteiger partial charge is 0.345 e. The van der Waals surface area contributed by atoms with E-state index in [1.807, 2.05) is 6.20 Å². The van der Waals surface area contributed by atoms with E-state index in [4.69, 9.17) is 0 Å². The molecule has 0 bridgehead atoms. The summed E-state index contributed by atoms with van der Waals surface area (Å²) in [6.07, 6.45) is 4.64. The van der Waals surface area contributed by atoms with Crippen LogP contribution >= 0.6 is 15.9 Å². The van der Waals surface area contributed by atoms with Crippen LogP contribution in [0.2, 0.25) is 0 Å². The fraction of sp³-hybridized carbons (Fsp3) is 0.182. The second kappa shape index (κ2) is 3.96. The summed E-state index contributed by atoms with van der Waals surface area (Å²) in [4.78, 5) is 7.34. The molecule has 2 rings (SSSR count). The third-order valence-corrected chi connectivity index (χ3v) is 2.88. The number of aromatic nitrogens is 2. The van der Waals surface area contributed by atoms with Crippen molar-refractivity contribution in [2.45, 2.75) is 13.3 Å². The van der Waals surface area contributed by atoms with E-state index < -0.39 is 0 Å². The lowest BCUT2D eigenvalue weighted by Crippen LogP contribution is -1.86. The highest BCUT2D eigenvalue weighted by molar-refractivity contribution is 9.10. The van der Waals surface area contributed by atoms with Crippen LogP contribution in [0.5, 0.6) is 0 Å². The van der Waals surface area contributed by atoms with Gasteiger partial charge in [-0.15, -0.1) is 0 Å². The van der Waals surface area contributed by atoms with E-state index in [1.165, 1.54) is 5.56 Å². The Balaban J connectivity index is 2.51. The van der Waals surface area contributed by atoms with Crippen LogP contribution in [0, 0.1) is 0 Å². The van der Waals surface area contributed by atoms with E-state index >= 15 is 0 Å². The van der Waals surface area contributed by atoms with Crippen LogP contribution in [-0.4, -0.2) is 9.97 Å². The molecule has 0 aliphatic heterocycles. The molecule has 0 radical (unpaired) electrons. The Kier molecular flexibility index (Phi) is 2.68. The van der Waals surface area contributed by atoms with Crippen LogP contribution in [-0.2, 0) is 6.42 Å². The summed E-state index contributed by atoms with van der Waals surface area (Å²) in [6, 6.07) is 6.34. The molecule has 0 aliphatic rings. The van der Waals surface area contributed by atoms with Crippen LogP contribution in [0.4, 0.5) is 0 Å². The summed E-state index contributed by atoms with van der Waals surface area (Å²) in [5.41, 5.74) is 2.44. The maximum atomic E-state index is 4.24. The number of halogens is 1. The van der Waals surface area contributed by atoms with E-state index in [1.54, 1.807) is 6.20 Å². The first-order valence-electron chi connectivity index (χ1n) is 4.59. The third kappa shape index (κ3) is 1.73. The quantitative estimate of drug-likeness (QED) is 0.870. The summed E-state index contributed by atoms with van der Waals surface area (Å²) in [7, 11) is 0. The van der Waals surface area contributed by atoms with Gasteiger partial charge in [0.1, 0.15) is 5.82 Å². The highest BCUT2D eigenvalue weighted by atomic mass is 79.9. The van der Waals surface area contributed by atoms with Crippen molar-refractivity contribution in [3.8, 4) is 11.4 Å². The van der Waals surface area contributed by atoms with E-state index in [2.05, 4.69) is 51.0 Å². The molecule has 1 heterocycles. The lowest BCUT2D eigenvalue weighted by atomic mass is 10.1. The molecule has 0 saturated heterocycles. The molecule has 2 nitrogen and oxygen atoms in total. The van der Waals surface area contributed by atoms with Gasteiger partial charge in [-0.3, -0.25) is 0 Å². The van der Waals surface area contributed by atoms with Crippen molar-refractivity contribution in [3.05, 3.63) is 40.6 Å². The number of rotatable bonds is 2. The molecular weight excluding hydrogens is 240 g/mol. The second-order valence-corrected chi connectivity index (χ2v) is 3.96. The van der Waals surface area contributed by atoms with Crippen molar-refractivity contribution in [2.75, 3.05) is 0 Å². The molecule has 0 amide bonds. The van der Waals surface area contributed by atoms with Gasteiger partial charge in [0.05, 0.1) is 0 Å². The van der Waals surface area contributed by atoms with Gasteiger partial charge >= 0.3 is 0 Å². The average molecular weight is 251 g/mol. The van der Waals surface area contributed by atoms with Gasteiger partial charge in [-0.1, -0.05) is 28.9 Å². The molecule has 14 heavy (non-hydrogen) atoms. The number of hydrogen-bond donors (Lipinski definition) is 1. The zero-order valence-corrected chi connectivity index (χ0v) is 9.51. The monoisotopic (exact) mass is 250 g/mol. The predicted octanol–water partition coefficient (Wildman–Crippen LogP) is 3.40. The smallest absolute Gasteiger partial charge is 0.138 e. The van der Waals surface area contributed by atoms with Crippen molar-refractivity contribution < 1.29 is 0 Å². The molecular formula is C11H11BrN2. The summed E-state index contributed by atoms with van der Waals surface area (Å²) in [5, 5.41) is 0. The van der Waals surface area contributed by atoms with Gasteiger partial charge < -0.3 is 4.98 Å². The Hall–Kier alpha value is -1.09. The minimum Gasteiger partial charge on any atom is -0.345 e. The number of benzene rings is 1. The highest BCUT2D eigenvalue weighted by Crippen LogP contribution is 2.26. The number of nitrogens with zero attached hydrogens (tertiary/aromatic N) is 1. The van der Waals surface area contributed by atoms with Crippen LogP contribution in [0.25, 0.3) is 11.4 Å². The molecule has 2 aromatic rings. The zero-order valence-electron chi connectivity index (χ0n) is 7.92. The molecule has 0 atom stereocenters. The van der Waals surface area contributed by atoms with Crippen molar-refractivity contribution in [2.24, 2.45) is 0 Å². The lowest BCUT2D eigenvalue weighted by molar-refractivity contribution is 1.13. The Morgan fingerprint density at radius 1 is 1.43 bits per heavy atom. The fourth-order valence-corrected chi connectivity index (χ4v) is 1.82. The number of aromatic amines is 1. The van der Waals surface area contributed by atoms with E-state index in [0.29, 0.717) is 0 Å². The molecule has 1 aromatic heterocycles. The Labute approximate surface area is 91.5 Å². The Morgan fingerprint density at radius 3 is 2.93 bits per heavy atom. The number of aryl methyl sites for hydroxylation is 1. The summed E-state index contributed by atoms with van der Waals surface area (Å²) >= 11 is 3.52. The molecule has 1 N–H and O–H groups in total. The third-order valence-electron chi connectivity index (χ3n) is 2.19. The fourth-order valence-electron chi connectivity index (χ4n) is 1.39. The van der Waals surface area contributed by atoms with Gasteiger partial charge in [0.2, 0.25) is 0 Å². The van der Waals surface area contributed by atoms with Crippen LogP contribution in [0.15, 0.2) is 35.1 Å². The molecule has 1 aromatic carbocycles.